The van der Waals surface area contributed by atoms with Crippen LogP contribution in [0.25, 0.3) is 0 Å². The van der Waals surface area contributed by atoms with Gasteiger partial charge in [0, 0.05) is 5.56 Å². The van der Waals surface area contributed by atoms with E-state index in [9.17, 15) is 5.11 Å². The molecule has 0 bridgehead atoms. The highest BCUT2D eigenvalue weighted by Gasteiger charge is 2.17. The Bertz CT molecular complexity index is 771. The maximum Gasteiger partial charge on any atom is 0.142 e. The number of nitrogens with zero attached hydrogens (tertiary/aromatic N) is 1. The normalized spacial score (nSPS) is 12.6. The molecule has 1 N–H and O–H groups in total. The van der Waals surface area contributed by atoms with Gasteiger partial charge in [0.25, 0.3) is 0 Å². The van der Waals surface area contributed by atoms with Gasteiger partial charge in [-0.25, -0.2) is 0 Å². The average Bonchev–Trinajstić information content (AvgIpc) is 2.67. The summed E-state index contributed by atoms with van der Waals surface area (Å²) in [5, 5.41) is 15.0. The second-order valence-corrected chi connectivity index (χ2v) is 5.41. The monoisotopic (exact) mass is 317 g/mol. The standard InChI is InChI=1S/C21H19NO2/c23-21(19-14-8-3-9-15-19)20(18-12-6-2-7-13-18)22-24-16-17-10-4-1-5-11-17/h1-15,21,23H,16H2. The number of oxime groups is 1. The lowest BCUT2D eigenvalue weighted by atomic mass is 9.99. The number of aliphatic hydroxyl groups is 1. The van der Waals surface area contributed by atoms with Gasteiger partial charge in [-0.3, -0.25) is 0 Å². The second kappa shape index (κ2) is 8.09. The molecule has 0 aliphatic rings. The molecule has 0 saturated carbocycles. The van der Waals surface area contributed by atoms with Crippen molar-refractivity contribution < 1.29 is 9.94 Å². The molecule has 0 saturated heterocycles. The molecule has 1 unspecified atom stereocenters. The lowest BCUT2D eigenvalue weighted by Gasteiger charge is -2.14. The molecule has 24 heavy (non-hydrogen) atoms. The third kappa shape index (κ3) is 4.09. The molecular weight excluding hydrogens is 298 g/mol. The van der Waals surface area contributed by atoms with Gasteiger partial charge in [0.1, 0.15) is 18.4 Å². The van der Waals surface area contributed by atoms with E-state index in [-0.39, 0.29) is 0 Å². The van der Waals surface area contributed by atoms with E-state index in [1.54, 1.807) is 0 Å². The zero-order chi connectivity index (χ0) is 16.6. The van der Waals surface area contributed by atoms with E-state index >= 15 is 0 Å². The maximum absolute atomic E-state index is 10.7. The van der Waals surface area contributed by atoms with Crippen molar-refractivity contribution >= 4 is 5.71 Å². The fourth-order valence-corrected chi connectivity index (χ4v) is 2.41. The lowest BCUT2D eigenvalue weighted by molar-refractivity contribution is 0.125. The van der Waals surface area contributed by atoms with Crippen LogP contribution in [0.1, 0.15) is 22.8 Å². The Balaban J connectivity index is 1.83. The summed E-state index contributed by atoms with van der Waals surface area (Å²) in [5.74, 6) is 0. The van der Waals surface area contributed by atoms with Gasteiger partial charge in [0.05, 0.1) is 0 Å². The second-order valence-electron chi connectivity index (χ2n) is 5.41. The molecule has 120 valence electrons. The number of rotatable bonds is 6. The molecule has 0 amide bonds. The number of aliphatic hydroxyl groups excluding tert-OH is 1. The Labute approximate surface area is 141 Å². The van der Waals surface area contributed by atoms with Gasteiger partial charge in [-0.1, -0.05) is 96.2 Å². The van der Waals surface area contributed by atoms with E-state index in [0.717, 1.165) is 16.7 Å². The molecule has 3 aromatic carbocycles. The Morgan fingerprint density at radius 2 is 1.33 bits per heavy atom. The quantitative estimate of drug-likeness (QED) is 0.543. The van der Waals surface area contributed by atoms with Crippen molar-refractivity contribution in [3.8, 4) is 0 Å². The zero-order valence-corrected chi connectivity index (χ0v) is 13.2. The predicted molar refractivity (Wildman–Crippen MR) is 95.6 cm³/mol. The highest BCUT2D eigenvalue weighted by molar-refractivity contribution is 6.03. The van der Waals surface area contributed by atoms with Crippen LogP contribution in [0.2, 0.25) is 0 Å². The molecule has 0 aliphatic carbocycles. The fraction of sp³-hybridized carbons (Fsp3) is 0.0952. The summed E-state index contributed by atoms with van der Waals surface area (Å²) < 4.78 is 0. The summed E-state index contributed by atoms with van der Waals surface area (Å²) in [7, 11) is 0. The highest BCUT2D eigenvalue weighted by Crippen LogP contribution is 2.19. The van der Waals surface area contributed by atoms with Gasteiger partial charge in [0.15, 0.2) is 0 Å². The third-order valence-corrected chi connectivity index (χ3v) is 3.68. The summed E-state index contributed by atoms with van der Waals surface area (Å²) in [5.41, 5.74) is 3.14. The molecule has 0 radical (unpaired) electrons. The molecule has 0 aliphatic heterocycles. The van der Waals surface area contributed by atoms with Gasteiger partial charge in [-0.2, -0.15) is 0 Å². The summed E-state index contributed by atoms with van der Waals surface area (Å²) in [6.07, 6.45) is -0.843. The van der Waals surface area contributed by atoms with Crippen molar-refractivity contribution in [3.63, 3.8) is 0 Å². The van der Waals surface area contributed by atoms with Gasteiger partial charge in [-0.05, 0) is 11.1 Å². The largest absolute Gasteiger partial charge is 0.391 e. The Hall–Kier alpha value is -2.91. The zero-order valence-electron chi connectivity index (χ0n) is 13.2. The van der Waals surface area contributed by atoms with Crippen LogP contribution in [0.3, 0.4) is 0 Å². The summed E-state index contributed by atoms with van der Waals surface area (Å²) >= 11 is 0. The SMILES string of the molecule is OC(C(=NOCc1ccccc1)c1ccccc1)c1ccccc1. The van der Waals surface area contributed by atoms with E-state index in [0.29, 0.717) is 12.3 Å². The first-order valence-electron chi connectivity index (χ1n) is 7.87. The van der Waals surface area contributed by atoms with Crippen LogP contribution in [0.5, 0.6) is 0 Å². The highest BCUT2D eigenvalue weighted by atomic mass is 16.6. The molecule has 3 nitrogen and oxygen atoms in total. The fourth-order valence-electron chi connectivity index (χ4n) is 2.41. The predicted octanol–water partition coefficient (Wildman–Crippen LogP) is 4.34. The van der Waals surface area contributed by atoms with Crippen molar-refractivity contribution in [3.05, 3.63) is 108 Å². The van der Waals surface area contributed by atoms with Crippen LogP contribution >= 0.6 is 0 Å². The van der Waals surface area contributed by atoms with E-state index in [2.05, 4.69) is 5.16 Å². The van der Waals surface area contributed by atoms with Gasteiger partial charge < -0.3 is 9.94 Å². The van der Waals surface area contributed by atoms with Gasteiger partial charge >= 0.3 is 0 Å². The van der Waals surface area contributed by atoms with Crippen molar-refractivity contribution in [2.75, 3.05) is 0 Å². The van der Waals surface area contributed by atoms with Crippen molar-refractivity contribution in [2.24, 2.45) is 5.16 Å². The van der Waals surface area contributed by atoms with Gasteiger partial charge in [-0.15, -0.1) is 0 Å². The maximum atomic E-state index is 10.7. The lowest BCUT2D eigenvalue weighted by Crippen LogP contribution is -2.14. The van der Waals surface area contributed by atoms with E-state index in [1.807, 2.05) is 91.0 Å². The molecule has 3 heteroatoms. The Morgan fingerprint density at radius 1 is 0.792 bits per heavy atom. The first kappa shape index (κ1) is 16.0. The molecular formula is C21H19NO2. The van der Waals surface area contributed by atoms with Crippen molar-refractivity contribution in [2.45, 2.75) is 12.7 Å². The van der Waals surface area contributed by atoms with Crippen LogP contribution in [0, 0.1) is 0 Å². The van der Waals surface area contributed by atoms with Crippen LogP contribution < -0.4 is 0 Å². The van der Waals surface area contributed by atoms with Crippen molar-refractivity contribution in [1.29, 1.82) is 0 Å². The van der Waals surface area contributed by atoms with E-state index < -0.39 is 6.10 Å². The summed E-state index contributed by atoms with van der Waals surface area (Å²) in [6.45, 7) is 0.360. The molecule has 0 fully saturated rings. The molecule has 3 rings (SSSR count). The first-order valence-corrected chi connectivity index (χ1v) is 7.87. The van der Waals surface area contributed by atoms with E-state index in [4.69, 9.17) is 4.84 Å². The Morgan fingerprint density at radius 3 is 1.96 bits per heavy atom. The smallest absolute Gasteiger partial charge is 0.142 e. The molecule has 3 aromatic rings. The minimum Gasteiger partial charge on any atom is -0.391 e. The molecule has 1 atom stereocenters. The summed E-state index contributed by atoms with van der Waals surface area (Å²) in [4.78, 5) is 5.51. The van der Waals surface area contributed by atoms with Crippen LogP contribution in [0.15, 0.2) is 96.2 Å². The number of hydrogen-bond donors (Lipinski definition) is 1. The third-order valence-electron chi connectivity index (χ3n) is 3.68. The minimum absolute atomic E-state index is 0.360. The summed E-state index contributed by atoms with van der Waals surface area (Å²) in [6, 6.07) is 28.9. The van der Waals surface area contributed by atoms with Crippen molar-refractivity contribution in [1.82, 2.24) is 0 Å². The van der Waals surface area contributed by atoms with E-state index in [1.165, 1.54) is 0 Å². The van der Waals surface area contributed by atoms with Crippen LogP contribution in [-0.2, 0) is 11.4 Å². The minimum atomic E-state index is -0.843. The Kier molecular flexibility index (Phi) is 5.38. The molecule has 0 spiro atoms. The molecule has 0 heterocycles. The van der Waals surface area contributed by atoms with Crippen LogP contribution in [-0.4, -0.2) is 10.8 Å². The topological polar surface area (TPSA) is 41.8 Å². The number of hydrogen-bond acceptors (Lipinski definition) is 3. The first-order chi connectivity index (χ1) is 11.8. The number of benzene rings is 3. The average molecular weight is 317 g/mol. The van der Waals surface area contributed by atoms with Crippen LogP contribution in [0.4, 0.5) is 0 Å². The van der Waals surface area contributed by atoms with Gasteiger partial charge in [0.2, 0.25) is 0 Å². The molecule has 0 aromatic heterocycles.